The van der Waals surface area contributed by atoms with Gasteiger partial charge in [-0.2, -0.15) is 0 Å². The summed E-state index contributed by atoms with van der Waals surface area (Å²) in [6, 6.07) is 0.519. The fourth-order valence-electron chi connectivity index (χ4n) is 3.33. The maximum atomic E-state index is 12.0. The van der Waals surface area contributed by atoms with E-state index in [4.69, 9.17) is 4.74 Å². The Kier molecular flexibility index (Phi) is 5.01. The summed E-state index contributed by atoms with van der Waals surface area (Å²) < 4.78 is 5.20. The molecule has 0 bridgehead atoms. The molecule has 0 amide bonds. The van der Waals surface area contributed by atoms with Crippen molar-refractivity contribution in [3.63, 3.8) is 0 Å². The summed E-state index contributed by atoms with van der Waals surface area (Å²) >= 11 is 0. The highest BCUT2D eigenvalue weighted by atomic mass is 16.5. The fourth-order valence-corrected chi connectivity index (χ4v) is 3.33. The van der Waals surface area contributed by atoms with E-state index in [1.54, 1.807) is 0 Å². The Labute approximate surface area is 110 Å². The van der Waals surface area contributed by atoms with Crippen molar-refractivity contribution >= 4 is 5.97 Å². The molecule has 1 N–H and O–H groups in total. The van der Waals surface area contributed by atoms with Crippen LogP contribution in [0, 0.1) is 5.92 Å². The number of carbonyl (C=O) groups excluding carboxylic acids is 1. The van der Waals surface area contributed by atoms with E-state index in [0.717, 1.165) is 25.6 Å². The van der Waals surface area contributed by atoms with Crippen LogP contribution in [-0.4, -0.2) is 49.2 Å². The second-order valence-corrected chi connectivity index (χ2v) is 5.45. The lowest BCUT2D eigenvalue weighted by Crippen LogP contribution is -2.58. The zero-order valence-corrected chi connectivity index (χ0v) is 11.7. The first-order chi connectivity index (χ1) is 8.76. The van der Waals surface area contributed by atoms with Crippen molar-refractivity contribution in [3.8, 4) is 0 Å². The summed E-state index contributed by atoms with van der Waals surface area (Å²) in [5, 5.41) is 3.31. The molecule has 18 heavy (non-hydrogen) atoms. The van der Waals surface area contributed by atoms with Gasteiger partial charge in [0.2, 0.25) is 0 Å². The summed E-state index contributed by atoms with van der Waals surface area (Å²) in [7, 11) is 0. The topological polar surface area (TPSA) is 41.6 Å². The van der Waals surface area contributed by atoms with Gasteiger partial charge in [-0.15, -0.1) is 0 Å². The molecule has 2 fully saturated rings. The predicted octanol–water partition coefficient (Wildman–Crippen LogP) is 1.40. The number of hydrogen-bond donors (Lipinski definition) is 1. The molecule has 1 aliphatic heterocycles. The number of piperazine rings is 1. The van der Waals surface area contributed by atoms with E-state index in [0.29, 0.717) is 12.6 Å². The van der Waals surface area contributed by atoms with Crippen LogP contribution in [0.2, 0.25) is 0 Å². The molecule has 2 rings (SSSR count). The molecule has 4 nitrogen and oxygen atoms in total. The highest BCUT2D eigenvalue weighted by Crippen LogP contribution is 2.32. The highest BCUT2D eigenvalue weighted by molar-refractivity contribution is 5.76. The number of carbonyl (C=O) groups is 1. The van der Waals surface area contributed by atoms with Crippen LogP contribution in [0.15, 0.2) is 0 Å². The standard InChI is InChI=1S/C14H26N2O2/c1-3-11-5-6-12(9-11)16-8-7-15-10-13(16)14(17)18-4-2/h11-13,15H,3-10H2,1-2H3. The maximum absolute atomic E-state index is 12.0. The molecule has 4 heteroatoms. The monoisotopic (exact) mass is 254 g/mol. The van der Waals surface area contributed by atoms with Crippen molar-refractivity contribution in [3.05, 3.63) is 0 Å². The highest BCUT2D eigenvalue weighted by Gasteiger charge is 2.37. The van der Waals surface area contributed by atoms with E-state index in [1.807, 2.05) is 6.92 Å². The molecule has 0 aromatic rings. The molecular weight excluding hydrogens is 228 g/mol. The zero-order chi connectivity index (χ0) is 13.0. The van der Waals surface area contributed by atoms with Crippen molar-refractivity contribution < 1.29 is 9.53 Å². The number of hydrogen-bond acceptors (Lipinski definition) is 4. The van der Waals surface area contributed by atoms with Gasteiger partial charge in [-0.3, -0.25) is 9.69 Å². The molecule has 1 heterocycles. The SMILES string of the molecule is CCOC(=O)C1CNCCN1C1CCC(CC)C1. The normalized spacial score (nSPS) is 33.6. The molecular formula is C14H26N2O2. The minimum absolute atomic E-state index is 0.0513. The molecule has 3 atom stereocenters. The molecule has 0 aromatic heterocycles. The van der Waals surface area contributed by atoms with Crippen LogP contribution in [0.25, 0.3) is 0 Å². The smallest absolute Gasteiger partial charge is 0.324 e. The van der Waals surface area contributed by atoms with E-state index >= 15 is 0 Å². The van der Waals surface area contributed by atoms with Crippen LogP contribution in [-0.2, 0) is 9.53 Å². The fraction of sp³-hybridized carbons (Fsp3) is 0.929. The van der Waals surface area contributed by atoms with Crippen LogP contribution in [0.1, 0.15) is 39.5 Å². The van der Waals surface area contributed by atoms with Gasteiger partial charge in [-0.25, -0.2) is 0 Å². The molecule has 1 aliphatic carbocycles. The second kappa shape index (κ2) is 6.53. The molecule has 0 spiro atoms. The molecule has 104 valence electrons. The minimum atomic E-state index is -0.0701. The molecule has 0 aromatic carbocycles. The summed E-state index contributed by atoms with van der Waals surface area (Å²) in [5.74, 6) is 0.803. The van der Waals surface area contributed by atoms with Crippen LogP contribution in [0.3, 0.4) is 0 Å². The molecule has 0 radical (unpaired) electrons. The van der Waals surface area contributed by atoms with Crippen molar-refractivity contribution in [2.75, 3.05) is 26.2 Å². The van der Waals surface area contributed by atoms with Crippen molar-refractivity contribution in [2.24, 2.45) is 5.92 Å². The third-order valence-electron chi connectivity index (χ3n) is 4.40. The van der Waals surface area contributed by atoms with Crippen LogP contribution in [0.4, 0.5) is 0 Å². The van der Waals surface area contributed by atoms with E-state index < -0.39 is 0 Å². The lowest BCUT2D eigenvalue weighted by Gasteiger charge is -2.38. The second-order valence-electron chi connectivity index (χ2n) is 5.45. The maximum Gasteiger partial charge on any atom is 0.324 e. The van der Waals surface area contributed by atoms with E-state index in [-0.39, 0.29) is 12.0 Å². The number of rotatable bonds is 4. The van der Waals surface area contributed by atoms with Crippen LogP contribution >= 0.6 is 0 Å². The van der Waals surface area contributed by atoms with Gasteiger partial charge in [0.25, 0.3) is 0 Å². The largest absolute Gasteiger partial charge is 0.465 e. The van der Waals surface area contributed by atoms with Crippen molar-refractivity contribution in [1.29, 1.82) is 0 Å². The van der Waals surface area contributed by atoms with E-state index in [1.165, 1.54) is 25.7 Å². The quantitative estimate of drug-likeness (QED) is 0.770. The van der Waals surface area contributed by atoms with E-state index in [2.05, 4.69) is 17.1 Å². The Balaban J connectivity index is 1.97. The number of esters is 1. The third kappa shape index (κ3) is 3.04. The number of ether oxygens (including phenoxy) is 1. The first-order valence-corrected chi connectivity index (χ1v) is 7.39. The lowest BCUT2D eigenvalue weighted by atomic mass is 10.0. The Hall–Kier alpha value is -0.610. The minimum Gasteiger partial charge on any atom is -0.465 e. The van der Waals surface area contributed by atoms with E-state index in [9.17, 15) is 4.79 Å². The van der Waals surface area contributed by atoms with Crippen molar-refractivity contribution in [1.82, 2.24) is 10.2 Å². The predicted molar refractivity (Wildman–Crippen MR) is 71.4 cm³/mol. The summed E-state index contributed by atoms with van der Waals surface area (Å²) in [5.41, 5.74) is 0. The van der Waals surface area contributed by atoms with Gasteiger partial charge in [0, 0.05) is 25.7 Å². The van der Waals surface area contributed by atoms with Gasteiger partial charge in [-0.05, 0) is 32.1 Å². The van der Waals surface area contributed by atoms with Gasteiger partial charge in [0.1, 0.15) is 6.04 Å². The first-order valence-electron chi connectivity index (χ1n) is 7.39. The van der Waals surface area contributed by atoms with Crippen LogP contribution < -0.4 is 5.32 Å². The van der Waals surface area contributed by atoms with Gasteiger partial charge >= 0.3 is 5.97 Å². The lowest BCUT2D eigenvalue weighted by molar-refractivity contribution is -0.151. The zero-order valence-electron chi connectivity index (χ0n) is 11.7. The Bertz CT molecular complexity index is 283. The molecule has 1 saturated carbocycles. The number of nitrogens with zero attached hydrogens (tertiary/aromatic N) is 1. The third-order valence-corrected chi connectivity index (χ3v) is 4.40. The van der Waals surface area contributed by atoms with Gasteiger partial charge in [-0.1, -0.05) is 13.3 Å². The molecule has 3 unspecified atom stereocenters. The summed E-state index contributed by atoms with van der Waals surface area (Å²) in [4.78, 5) is 14.4. The first kappa shape index (κ1) is 13.8. The molecule has 2 aliphatic rings. The van der Waals surface area contributed by atoms with Gasteiger partial charge < -0.3 is 10.1 Å². The van der Waals surface area contributed by atoms with Gasteiger partial charge in [0.05, 0.1) is 6.61 Å². The summed E-state index contributed by atoms with van der Waals surface area (Å²) in [6.07, 6.45) is 5.09. The summed E-state index contributed by atoms with van der Waals surface area (Å²) in [6.45, 7) is 7.33. The van der Waals surface area contributed by atoms with Crippen LogP contribution in [0.5, 0.6) is 0 Å². The average molecular weight is 254 g/mol. The van der Waals surface area contributed by atoms with Crippen molar-refractivity contribution in [2.45, 2.75) is 51.6 Å². The Morgan fingerprint density at radius 1 is 1.39 bits per heavy atom. The van der Waals surface area contributed by atoms with Gasteiger partial charge in [0.15, 0.2) is 0 Å². The number of nitrogens with one attached hydrogen (secondary N) is 1. The Morgan fingerprint density at radius 2 is 2.22 bits per heavy atom. The Morgan fingerprint density at radius 3 is 2.89 bits per heavy atom. The molecule has 1 saturated heterocycles. The average Bonchev–Trinajstić information content (AvgIpc) is 2.87.